The van der Waals surface area contributed by atoms with Gasteiger partial charge in [0.05, 0.1) is 46.2 Å². The highest BCUT2D eigenvalue weighted by molar-refractivity contribution is 5.69. The molecule has 448 valence electrons. The lowest BCUT2D eigenvalue weighted by atomic mass is 9.83. The molecule has 6 aromatic rings. The molecule has 8 rings (SSSR count). The summed E-state index contributed by atoms with van der Waals surface area (Å²) in [4.78, 5) is 17.8. The Bertz CT molecular complexity index is 2750. The number of carbonyl (C=O) groups excluding carboxylic acids is 1. The molecule has 1 heterocycles. The first-order chi connectivity index (χ1) is 41.5. The Hall–Kier alpha value is -6.26. The summed E-state index contributed by atoms with van der Waals surface area (Å²) in [7, 11) is 0. The number of esters is 1. The van der Waals surface area contributed by atoms with Gasteiger partial charge in [-0.2, -0.15) is 0 Å². The number of hydrogen-bond acceptors (Lipinski definition) is 12. The Morgan fingerprint density at radius 3 is 1.23 bits per heavy atom. The predicted molar refractivity (Wildman–Crippen MR) is 324 cm³/mol. The number of unbranched alkanes of at least 4 members (excludes halogenated alkanes) is 12. The second-order valence-corrected chi connectivity index (χ2v) is 22.1. The van der Waals surface area contributed by atoms with Crippen LogP contribution in [0, 0.1) is 0 Å². The summed E-state index contributed by atoms with van der Waals surface area (Å²) in [6.45, 7) is 3.12. The van der Waals surface area contributed by atoms with Crippen LogP contribution >= 0.6 is 0 Å². The van der Waals surface area contributed by atoms with Crippen LogP contribution in [0.15, 0.2) is 187 Å². The van der Waals surface area contributed by atoms with E-state index in [1.54, 1.807) is 0 Å². The highest BCUT2D eigenvalue weighted by Crippen LogP contribution is 2.39. The molecule has 0 radical (unpaired) electrons. The van der Waals surface area contributed by atoms with Crippen LogP contribution in [-0.4, -0.2) is 85.0 Å². The number of nitrogens with zero attached hydrogens (tertiary/aromatic N) is 3. The van der Waals surface area contributed by atoms with Gasteiger partial charge in [-0.15, -0.1) is 0 Å². The Morgan fingerprint density at radius 1 is 0.452 bits per heavy atom. The van der Waals surface area contributed by atoms with E-state index >= 15 is 0 Å². The van der Waals surface area contributed by atoms with Gasteiger partial charge in [0, 0.05) is 11.3 Å². The number of aliphatic hydroxyl groups excluding tert-OH is 1. The second kappa shape index (κ2) is 36.6. The molecule has 0 aromatic heterocycles. The Kier molecular flexibility index (Phi) is 27.7. The summed E-state index contributed by atoms with van der Waals surface area (Å²) in [6, 6.07) is 57.2. The van der Waals surface area contributed by atoms with E-state index in [2.05, 4.69) is 16.9 Å². The average Bonchev–Trinajstić information content (AvgIpc) is 1.70. The largest absolute Gasteiger partial charge is 0.457 e. The van der Waals surface area contributed by atoms with Crippen molar-refractivity contribution in [3.05, 3.63) is 226 Å². The minimum Gasteiger partial charge on any atom is -0.457 e. The standard InChI is InChI=1S/C70H87N3O11/c1-2-3-4-5-6-7-8-9-10-11-12-13-32-45-60(74)83-66-62(75)65(79-49-56-39-26-17-27-40-56)67(80-50-57-41-28-18-29-42-57)68(81-51-58-43-30-19-31-44-58)69(66)84-70-61(72-73-71)64(78-48-55-37-24-16-25-38-55)63(77-47-54-35-22-15-23-36-54)59(82-70)52-76-46-53-33-20-14-21-34-53/h14-31,33-44,59,61-70,75H,2-13,32,45-52H2,1H3/t59?,61?,62-,63+,64+,65?,66?,67-,68+,69?,70+/m0/s1. The maximum absolute atomic E-state index is 14.5. The zero-order valence-corrected chi connectivity index (χ0v) is 48.9. The molecule has 6 aromatic carbocycles. The topological polar surface area (TPSA) is 169 Å². The highest BCUT2D eigenvalue weighted by Gasteiger charge is 2.58. The van der Waals surface area contributed by atoms with Crippen molar-refractivity contribution >= 4 is 5.97 Å². The van der Waals surface area contributed by atoms with E-state index < -0.39 is 73.2 Å². The Morgan fingerprint density at radius 2 is 0.810 bits per heavy atom. The van der Waals surface area contributed by atoms with Crippen LogP contribution < -0.4 is 0 Å². The summed E-state index contributed by atoms with van der Waals surface area (Å²) in [5, 5.41) is 17.4. The minimum absolute atomic E-state index is 0.0133. The maximum Gasteiger partial charge on any atom is 0.306 e. The molecule has 84 heavy (non-hydrogen) atoms. The minimum atomic E-state index is -1.52. The molecule has 14 nitrogen and oxygen atoms in total. The molecule has 5 unspecified atom stereocenters. The molecule has 1 aliphatic heterocycles. The van der Waals surface area contributed by atoms with Crippen molar-refractivity contribution in [1.82, 2.24) is 0 Å². The molecular formula is C70H87N3O11. The van der Waals surface area contributed by atoms with Crippen LogP contribution in [-0.2, 0) is 87.1 Å². The van der Waals surface area contributed by atoms with Crippen molar-refractivity contribution in [2.45, 2.75) is 204 Å². The number of carbonyl (C=O) groups is 1. The molecular weight excluding hydrogens is 1060 g/mol. The van der Waals surface area contributed by atoms with E-state index in [-0.39, 0.29) is 52.7 Å². The monoisotopic (exact) mass is 1150 g/mol. The molecule has 0 bridgehead atoms. The van der Waals surface area contributed by atoms with Gasteiger partial charge >= 0.3 is 5.97 Å². The van der Waals surface area contributed by atoms with Crippen molar-refractivity contribution in [3.63, 3.8) is 0 Å². The van der Waals surface area contributed by atoms with Crippen molar-refractivity contribution in [2.75, 3.05) is 6.61 Å². The number of rotatable bonds is 37. The zero-order chi connectivity index (χ0) is 58.2. The Balaban J connectivity index is 1.13. The zero-order valence-electron chi connectivity index (χ0n) is 48.9. The van der Waals surface area contributed by atoms with Gasteiger partial charge in [-0.3, -0.25) is 4.79 Å². The van der Waals surface area contributed by atoms with Gasteiger partial charge in [-0.25, -0.2) is 0 Å². The number of azide groups is 1. The van der Waals surface area contributed by atoms with Gasteiger partial charge in [0.2, 0.25) is 0 Å². The fourth-order valence-electron chi connectivity index (χ4n) is 11.1. The molecule has 0 amide bonds. The summed E-state index contributed by atoms with van der Waals surface area (Å²) in [5.41, 5.74) is 15.9. The van der Waals surface area contributed by atoms with E-state index in [1.807, 2.05) is 182 Å². The van der Waals surface area contributed by atoms with Gasteiger partial charge in [0.25, 0.3) is 0 Å². The van der Waals surface area contributed by atoms with Crippen molar-refractivity contribution in [3.8, 4) is 0 Å². The third-order valence-corrected chi connectivity index (χ3v) is 15.6. The molecule has 1 N–H and O–H groups in total. The van der Waals surface area contributed by atoms with Gasteiger partial charge in [0.1, 0.15) is 54.9 Å². The SMILES string of the molecule is CCCCCCCCCCCCCCCC(=O)OC1C(O[C@H]2OC(COCc3ccccc3)[C@@H](OCc3ccccc3)[C@H](OCc3ccccc3)C2N=[N+]=[N-])[C@H](OCc2ccccc2)[C@@H](OCc2ccccc2)C(OCc2ccccc2)[C@@H]1O. The van der Waals surface area contributed by atoms with Crippen LogP contribution in [0.4, 0.5) is 0 Å². The second-order valence-electron chi connectivity index (χ2n) is 22.1. The van der Waals surface area contributed by atoms with E-state index in [4.69, 9.17) is 42.6 Å². The van der Waals surface area contributed by atoms with E-state index in [0.717, 1.165) is 52.6 Å². The average molecular weight is 1150 g/mol. The van der Waals surface area contributed by atoms with Crippen molar-refractivity contribution in [1.29, 1.82) is 0 Å². The highest BCUT2D eigenvalue weighted by atomic mass is 16.7. The molecule has 2 fully saturated rings. The normalized spacial score (nSPS) is 23.1. The number of ether oxygens (including phenoxy) is 9. The van der Waals surface area contributed by atoms with Gasteiger partial charge < -0.3 is 47.7 Å². The quantitative estimate of drug-likeness (QED) is 0.0129. The van der Waals surface area contributed by atoms with Crippen molar-refractivity contribution < 1.29 is 52.5 Å². The van der Waals surface area contributed by atoms with Crippen LogP contribution in [0.2, 0.25) is 0 Å². The van der Waals surface area contributed by atoms with Crippen LogP contribution in [0.25, 0.3) is 10.4 Å². The lowest BCUT2D eigenvalue weighted by Gasteiger charge is -2.51. The van der Waals surface area contributed by atoms with Crippen LogP contribution in [0.3, 0.4) is 0 Å². The van der Waals surface area contributed by atoms with Gasteiger partial charge in [0.15, 0.2) is 12.4 Å². The number of benzene rings is 6. The third-order valence-electron chi connectivity index (χ3n) is 15.6. The molecule has 11 atom stereocenters. The van der Waals surface area contributed by atoms with Gasteiger partial charge in [-0.1, -0.05) is 271 Å². The summed E-state index contributed by atoms with van der Waals surface area (Å²) < 4.78 is 61.9. The molecule has 1 saturated heterocycles. The van der Waals surface area contributed by atoms with Gasteiger partial charge in [-0.05, 0) is 45.3 Å². The smallest absolute Gasteiger partial charge is 0.306 e. The van der Waals surface area contributed by atoms with Crippen LogP contribution in [0.1, 0.15) is 130 Å². The maximum atomic E-state index is 14.5. The molecule has 14 heteroatoms. The number of aliphatic hydroxyl groups is 1. The fraction of sp³-hybridized carbons (Fsp3) is 0.471. The summed E-state index contributed by atoms with van der Waals surface area (Å²) >= 11 is 0. The third kappa shape index (κ3) is 20.8. The first-order valence-corrected chi connectivity index (χ1v) is 30.6. The lowest BCUT2D eigenvalue weighted by molar-refractivity contribution is -0.336. The molecule has 1 aliphatic carbocycles. The Labute approximate surface area is 497 Å². The lowest BCUT2D eigenvalue weighted by Crippen LogP contribution is -2.69. The van der Waals surface area contributed by atoms with Crippen LogP contribution in [0.5, 0.6) is 0 Å². The van der Waals surface area contributed by atoms with E-state index in [1.165, 1.54) is 57.8 Å². The first-order valence-electron chi connectivity index (χ1n) is 30.6. The van der Waals surface area contributed by atoms with E-state index in [0.29, 0.717) is 6.42 Å². The molecule has 1 saturated carbocycles. The van der Waals surface area contributed by atoms with E-state index in [9.17, 15) is 15.4 Å². The summed E-state index contributed by atoms with van der Waals surface area (Å²) in [6.07, 6.45) is 3.54. The molecule has 2 aliphatic rings. The summed E-state index contributed by atoms with van der Waals surface area (Å²) in [5.74, 6) is -0.509. The first kappa shape index (κ1) is 63.8. The predicted octanol–water partition coefficient (Wildman–Crippen LogP) is 14.7. The van der Waals surface area contributed by atoms with Crippen molar-refractivity contribution in [2.24, 2.45) is 5.11 Å². The fourth-order valence-corrected chi connectivity index (χ4v) is 11.1. The number of hydrogen-bond donors (Lipinski definition) is 1. The molecule has 0 spiro atoms.